The van der Waals surface area contributed by atoms with Gasteiger partial charge >= 0.3 is 0 Å². The number of rotatable bonds is 3. The van der Waals surface area contributed by atoms with Crippen molar-refractivity contribution < 1.29 is 14.8 Å². The highest BCUT2D eigenvalue weighted by atomic mass is 32.1. The van der Waals surface area contributed by atoms with Crippen molar-refractivity contribution in [2.75, 3.05) is 6.54 Å². The van der Waals surface area contributed by atoms with Crippen LogP contribution in [0.4, 0.5) is 0 Å². The first-order chi connectivity index (χ1) is 13.1. The number of hydroxylamine groups is 1. The van der Waals surface area contributed by atoms with Gasteiger partial charge in [-0.2, -0.15) is 5.10 Å². The summed E-state index contributed by atoms with van der Waals surface area (Å²) in [4.78, 5) is 27.8. The third kappa shape index (κ3) is 3.13. The number of fused-ring (bicyclic) bond motifs is 1. The number of nitrogens with one attached hydrogen (secondary N) is 1. The van der Waals surface area contributed by atoms with Crippen molar-refractivity contribution in [3.05, 3.63) is 69.2 Å². The molecule has 1 aliphatic rings. The van der Waals surface area contributed by atoms with Gasteiger partial charge in [0, 0.05) is 11.4 Å². The molecule has 1 aliphatic heterocycles. The number of para-hydroxylation sites is 1. The maximum absolute atomic E-state index is 13.0. The molecule has 0 saturated heterocycles. The first-order valence-electron chi connectivity index (χ1n) is 8.54. The van der Waals surface area contributed by atoms with E-state index in [2.05, 4.69) is 5.10 Å². The minimum Gasteiger partial charge on any atom is -0.333 e. The summed E-state index contributed by atoms with van der Waals surface area (Å²) in [5.74, 6) is -0.589. The summed E-state index contributed by atoms with van der Waals surface area (Å²) >= 11 is 1.30. The molecule has 138 valence electrons. The van der Waals surface area contributed by atoms with Gasteiger partial charge in [-0.25, -0.2) is 10.2 Å². The van der Waals surface area contributed by atoms with Crippen molar-refractivity contribution in [3.63, 3.8) is 0 Å². The van der Waals surface area contributed by atoms with E-state index in [1.165, 1.54) is 11.3 Å². The quantitative estimate of drug-likeness (QED) is 0.538. The Morgan fingerprint density at radius 2 is 2.04 bits per heavy atom. The molecule has 0 atom stereocenters. The largest absolute Gasteiger partial charge is 0.333 e. The zero-order valence-electron chi connectivity index (χ0n) is 14.7. The van der Waals surface area contributed by atoms with Crippen LogP contribution in [0.2, 0.25) is 0 Å². The predicted molar refractivity (Wildman–Crippen MR) is 100 cm³/mol. The van der Waals surface area contributed by atoms with Crippen molar-refractivity contribution in [2.45, 2.75) is 19.9 Å². The molecule has 2 amide bonds. The minimum atomic E-state index is -0.521. The summed E-state index contributed by atoms with van der Waals surface area (Å²) in [6, 6.07) is 11.5. The summed E-state index contributed by atoms with van der Waals surface area (Å²) in [5, 5.41) is 13.2. The van der Waals surface area contributed by atoms with Crippen molar-refractivity contribution in [3.8, 4) is 5.69 Å². The van der Waals surface area contributed by atoms with Gasteiger partial charge in [0.15, 0.2) is 0 Å². The summed E-state index contributed by atoms with van der Waals surface area (Å²) in [7, 11) is 0. The number of carbonyl (C=O) groups excluding carboxylic acids is 2. The first-order valence-corrected chi connectivity index (χ1v) is 9.35. The van der Waals surface area contributed by atoms with Crippen LogP contribution in [0.5, 0.6) is 0 Å². The number of carbonyl (C=O) groups is 2. The molecular weight excluding hydrogens is 364 g/mol. The van der Waals surface area contributed by atoms with E-state index in [4.69, 9.17) is 5.21 Å². The van der Waals surface area contributed by atoms with Gasteiger partial charge in [0.25, 0.3) is 11.8 Å². The molecule has 0 fully saturated rings. The highest BCUT2D eigenvalue weighted by Gasteiger charge is 2.27. The Hall–Kier alpha value is -2.97. The van der Waals surface area contributed by atoms with E-state index >= 15 is 0 Å². The Bertz CT molecular complexity index is 1010. The summed E-state index contributed by atoms with van der Waals surface area (Å²) in [6.07, 6.45) is 2.29. The van der Waals surface area contributed by atoms with Crippen LogP contribution in [-0.4, -0.2) is 38.2 Å². The number of amides is 2. The van der Waals surface area contributed by atoms with Gasteiger partial charge < -0.3 is 4.90 Å². The van der Waals surface area contributed by atoms with Crippen molar-refractivity contribution in [2.24, 2.45) is 0 Å². The molecule has 1 aromatic carbocycles. The third-order valence-corrected chi connectivity index (χ3v) is 5.90. The minimum absolute atomic E-state index is 0.0677. The van der Waals surface area contributed by atoms with E-state index < -0.39 is 5.91 Å². The molecule has 2 N–H and O–H groups in total. The van der Waals surface area contributed by atoms with E-state index in [1.54, 1.807) is 27.3 Å². The molecule has 4 rings (SSSR count). The average Bonchev–Trinajstić information content (AvgIpc) is 3.30. The number of benzene rings is 1. The van der Waals surface area contributed by atoms with Gasteiger partial charge in [-0.1, -0.05) is 18.2 Å². The molecule has 3 aromatic rings. The maximum atomic E-state index is 13.0. The third-order valence-electron chi connectivity index (χ3n) is 4.74. The predicted octanol–water partition coefficient (Wildman–Crippen LogP) is 2.56. The lowest BCUT2D eigenvalue weighted by molar-refractivity contribution is 0.0709. The van der Waals surface area contributed by atoms with Gasteiger partial charge in [0.2, 0.25) is 0 Å². The van der Waals surface area contributed by atoms with Gasteiger partial charge in [-0.05, 0) is 37.1 Å². The van der Waals surface area contributed by atoms with Gasteiger partial charge in [0.1, 0.15) is 0 Å². The summed E-state index contributed by atoms with van der Waals surface area (Å²) in [5.41, 5.74) is 4.99. The summed E-state index contributed by atoms with van der Waals surface area (Å²) in [6.45, 7) is 2.92. The van der Waals surface area contributed by atoms with Crippen LogP contribution < -0.4 is 5.48 Å². The first kappa shape index (κ1) is 17.4. The highest BCUT2D eigenvalue weighted by molar-refractivity contribution is 7.14. The fourth-order valence-corrected chi connectivity index (χ4v) is 4.40. The van der Waals surface area contributed by atoms with Crippen LogP contribution in [-0.2, 0) is 13.0 Å². The molecule has 0 bridgehead atoms. The van der Waals surface area contributed by atoms with E-state index in [0.29, 0.717) is 30.0 Å². The second-order valence-corrected chi connectivity index (χ2v) is 7.50. The topological polar surface area (TPSA) is 87.5 Å². The van der Waals surface area contributed by atoms with Crippen LogP contribution in [0, 0.1) is 6.92 Å². The fraction of sp³-hybridized carbons (Fsp3) is 0.211. The Morgan fingerprint density at radius 1 is 1.26 bits per heavy atom. The average molecular weight is 382 g/mol. The molecule has 0 spiro atoms. The molecule has 0 radical (unpaired) electrons. The highest BCUT2D eigenvalue weighted by Crippen LogP contribution is 2.29. The van der Waals surface area contributed by atoms with Crippen LogP contribution in [0.3, 0.4) is 0 Å². The van der Waals surface area contributed by atoms with Crippen molar-refractivity contribution in [1.82, 2.24) is 20.2 Å². The maximum Gasteiger partial charge on any atom is 0.284 e. The molecule has 27 heavy (non-hydrogen) atoms. The molecule has 3 heterocycles. The van der Waals surface area contributed by atoms with E-state index in [-0.39, 0.29) is 5.91 Å². The molecule has 0 saturated carbocycles. The SMILES string of the molecule is Cc1c(C(=O)N2CCc3cc(C(=O)NO)sc3C2)cnn1-c1ccccc1. The van der Waals surface area contributed by atoms with Gasteiger partial charge in [-0.15, -0.1) is 11.3 Å². The van der Waals surface area contributed by atoms with Gasteiger partial charge in [-0.3, -0.25) is 14.8 Å². The van der Waals surface area contributed by atoms with Crippen molar-refractivity contribution in [1.29, 1.82) is 0 Å². The molecule has 8 heteroatoms. The van der Waals surface area contributed by atoms with E-state index in [9.17, 15) is 9.59 Å². The van der Waals surface area contributed by atoms with E-state index in [1.807, 2.05) is 37.3 Å². The Labute approximate surface area is 159 Å². The molecule has 0 unspecified atom stereocenters. The number of nitrogens with zero attached hydrogens (tertiary/aromatic N) is 3. The zero-order valence-corrected chi connectivity index (χ0v) is 15.5. The second kappa shape index (κ2) is 6.98. The summed E-state index contributed by atoms with van der Waals surface area (Å²) < 4.78 is 1.76. The Balaban J connectivity index is 1.57. The second-order valence-electron chi connectivity index (χ2n) is 6.37. The van der Waals surface area contributed by atoms with Crippen molar-refractivity contribution >= 4 is 23.2 Å². The van der Waals surface area contributed by atoms with Crippen LogP contribution in [0.1, 0.15) is 36.2 Å². The number of hydrogen-bond acceptors (Lipinski definition) is 5. The lowest BCUT2D eigenvalue weighted by Crippen LogP contribution is -2.35. The van der Waals surface area contributed by atoms with Crippen LogP contribution in [0.15, 0.2) is 42.6 Å². The lowest BCUT2D eigenvalue weighted by Gasteiger charge is -2.26. The monoisotopic (exact) mass is 382 g/mol. The number of hydrogen-bond donors (Lipinski definition) is 2. The van der Waals surface area contributed by atoms with Gasteiger partial charge in [0.05, 0.1) is 34.6 Å². The number of thiophene rings is 1. The normalized spacial score (nSPS) is 13.3. The van der Waals surface area contributed by atoms with E-state index in [0.717, 1.165) is 21.8 Å². The Morgan fingerprint density at radius 3 is 2.78 bits per heavy atom. The number of aromatic nitrogens is 2. The molecule has 2 aromatic heterocycles. The smallest absolute Gasteiger partial charge is 0.284 e. The van der Waals surface area contributed by atoms with Crippen LogP contribution in [0.25, 0.3) is 5.69 Å². The molecular formula is C19H18N4O3S. The molecule has 0 aliphatic carbocycles. The fourth-order valence-electron chi connectivity index (χ4n) is 3.28. The molecule has 7 nitrogen and oxygen atoms in total. The zero-order chi connectivity index (χ0) is 19.0. The standard InChI is InChI=1S/C19H18N4O3S/c1-12-15(10-20-23(12)14-5-3-2-4-6-14)19(25)22-8-7-13-9-16(18(24)21-26)27-17(13)11-22/h2-6,9-10,26H,7-8,11H2,1H3,(H,21,24). The Kier molecular flexibility index (Phi) is 4.51. The lowest BCUT2D eigenvalue weighted by atomic mass is 10.1. The van der Waals surface area contributed by atoms with Crippen LogP contribution >= 0.6 is 11.3 Å².